The number of hydrogen-bond acceptors (Lipinski definition) is 5. The predicted octanol–water partition coefficient (Wildman–Crippen LogP) is 5.86. The average molecular weight is 486 g/mol. The number of ether oxygens (including phenoxy) is 2. The summed E-state index contributed by atoms with van der Waals surface area (Å²) in [4.78, 5) is 15.7. The fraction of sp³-hybridized carbons (Fsp3) is 0.267. The van der Waals surface area contributed by atoms with E-state index in [1.807, 2.05) is 72.8 Å². The van der Waals surface area contributed by atoms with E-state index in [4.69, 9.17) is 19.4 Å². The first-order valence-corrected chi connectivity index (χ1v) is 11.9. The maximum Gasteiger partial charge on any atom is 0.303 e. The fourth-order valence-electron chi connectivity index (χ4n) is 3.31. The average Bonchev–Trinajstić information content (AvgIpc) is 2.90. The summed E-state index contributed by atoms with van der Waals surface area (Å²) in [6.45, 7) is 2.79. The van der Waals surface area contributed by atoms with Gasteiger partial charge in [0.25, 0.3) is 0 Å². The minimum Gasteiger partial charge on any atom is -0.489 e. The summed E-state index contributed by atoms with van der Waals surface area (Å²) < 4.78 is 11.8. The lowest BCUT2D eigenvalue weighted by molar-refractivity contribution is -0.136. The Morgan fingerprint density at radius 1 is 0.889 bits per heavy atom. The quantitative estimate of drug-likeness (QED) is 0.197. The summed E-state index contributed by atoms with van der Waals surface area (Å²) >= 11 is 0. The standard InChI is InChI=1S/C30H31NO5/c1-3-4-5-6-23-7-14-26(15-8-23)29(31-34-2)22-36-28-18-11-25(12-19-28)21-35-27-16-9-24(10-17-27)13-20-30(32)33/h7-12,14-19H,3-4,13,20-22H2,1-2H3,(H,32,33). The summed E-state index contributed by atoms with van der Waals surface area (Å²) in [5.41, 5.74) is 4.54. The molecule has 0 unspecified atom stereocenters. The van der Waals surface area contributed by atoms with E-state index in [1.165, 1.54) is 7.11 Å². The van der Waals surface area contributed by atoms with Gasteiger partial charge in [-0.1, -0.05) is 60.3 Å². The predicted molar refractivity (Wildman–Crippen MR) is 140 cm³/mol. The van der Waals surface area contributed by atoms with Crippen molar-refractivity contribution in [1.29, 1.82) is 0 Å². The molecule has 0 saturated heterocycles. The molecule has 0 atom stereocenters. The van der Waals surface area contributed by atoms with Crippen molar-refractivity contribution < 1.29 is 24.2 Å². The van der Waals surface area contributed by atoms with Crippen LogP contribution in [-0.2, 0) is 22.7 Å². The van der Waals surface area contributed by atoms with Gasteiger partial charge in [0, 0.05) is 24.0 Å². The Hall–Kier alpha value is -4.24. The Bertz CT molecular complexity index is 1190. The van der Waals surface area contributed by atoms with Crippen molar-refractivity contribution >= 4 is 11.7 Å². The molecule has 36 heavy (non-hydrogen) atoms. The number of oxime groups is 1. The van der Waals surface area contributed by atoms with E-state index in [-0.39, 0.29) is 13.0 Å². The molecule has 186 valence electrons. The number of nitrogens with zero attached hydrogens (tertiary/aromatic N) is 1. The number of unbranched alkanes of at least 4 members (excludes halogenated alkanes) is 1. The second-order valence-corrected chi connectivity index (χ2v) is 8.11. The van der Waals surface area contributed by atoms with Gasteiger partial charge in [0.15, 0.2) is 0 Å². The summed E-state index contributed by atoms with van der Waals surface area (Å²) in [6.07, 6.45) is 2.56. The lowest BCUT2D eigenvalue weighted by atomic mass is 10.1. The van der Waals surface area contributed by atoms with E-state index in [0.29, 0.717) is 24.5 Å². The maximum absolute atomic E-state index is 10.7. The number of aryl methyl sites for hydroxylation is 1. The van der Waals surface area contributed by atoms with E-state index < -0.39 is 5.97 Å². The van der Waals surface area contributed by atoms with Gasteiger partial charge >= 0.3 is 5.97 Å². The van der Waals surface area contributed by atoms with Crippen molar-refractivity contribution in [3.8, 4) is 23.3 Å². The third-order valence-corrected chi connectivity index (χ3v) is 5.28. The van der Waals surface area contributed by atoms with Crippen LogP contribution in [0.2, 0.25) is 0 Å². The number of carboxylic acids is 1. The van der Waals surface area contributed by atoms with E-state index in [0.717, 1.165) is 40.8 Å². The molecule has 3 aromatic rings. The van der Waals surface area contributed by atoms with E-state index >= 15 is 0 Å². The summed E-state index contributed by atoms with van der Waals surface area (Å²) in [7, 11) is 1.52. The third-order valence-electron chi connectivity index (χ3n) is 5.28. The van der Waals surface area contributed by atoms with Crippen LogP contribution < -0.4 is 9.47 Å². The van der Waals surface area contributed by atoms with Crippen molar-refractivity contribution in [2.24, 2.45) is 5.16 Å². The van der Waals surface area contributed by atoms with Gasteiger partial charge in [-0.3, -0.25) is 4.79 Å². The molecular weight excluding hydrogens is 454 g/mol. The fourth-order valence-corrected chi connectivity index (χ4v) is 3.31. The minimum absolute atomic E-state index is 0.119. The molecule has 3 rings (SSSR count). The second kappa shape index (κ2) is 14.2. The van der Waals surface area contributed by atoms with E-state index in [9.17, 15) is 4.79 Å². The van der Waals surface area contributed by atoms with Crippen LogP contribution in [0.25, 0.3) is 0 Å². The van der Waals surface area contributed by atoms with Crippen LogP contribution in [0.15, 0.2) is 78.0 Å². The number of benzene rings is 3. The normalized spacial score (nSPS) is 10.8. The molecule has 0 aromatic heterocycles. The largest absolute Gasteiger partial charge is 0.489 e. The number of carbonyl (C=O) groups is 1. The smallest absolute Gasteiger partial charge is 0.303 e. The summed E-state index contributed by atoms with van der Waals surface area (Å²) in [5.74, 6) is 6.95. The maximum atomic E-state index is 10.7. The zero-order valence-corrected chi connectivity index (χ0v) is 20.7. The van der Waals surface area contributed by atoms with Crippen molar-refractivity contribution in [3.63, 3.8) is 0 Å². The summed E-state index contributed by atoms with van der Waals surface area (Å²) in [5, 5.41) is 12.9. The monoisotopic (exact) mass is 485 g/mol. The molecule has 3 aromatic carbocycles. The number of hydrogen-bond donors (Lipinski definition) is 1. The van der Waals surface area contributed by atoms with Crippen molar-refractivity contribution in [3.05, 3.63) is 95.1 Å². The molecule has 0 spiro atoms. The molecule has 0 aliphatic heterocycles. The van der Waals surface area contributed by atoms with Crippen LogP contribution in [0.1, 0.15) is 48.4 Å². The van der Waals surface area contributed by atoms with Crippen LogP contribution >= 0.6 is 0 Å². The van der Waals surface area contributed by atoms with Crippen molar-refractivity contribution in [1.82, 2.24) is 0 Å². The van der Waals surface area contributed by atoms with E-state index in [2.05, 4.69) is 23.9 Å². The summed E-state index contributed by atoms with van der Waals surface area (Å²) in [6, 6.07) is 23.1. The first-order chi connectivity index (χ1) is 17.6. The van der Waals surface area contributed by atoms with Gasteiger partial charge in [-0.2, -0.15) is 0 Å². The number of aliphatic carboxylic acids is 1. The molecule has 6 nitrogen and oxygen atoms in total. The third kappa shape index (κ3) is 8.84. The molecule has 0 aliphatic rings. The SMILES string of the molecule is CCCC#Cc1ccc(C(COc2ccc(COc3ccc(CCC(=O)O)cc3)cc2)=NOC)cc1. The highest BCUT2D eigenvalue weighted by molar-refractivity contribution is 6.01. The highest BCUT2D eigenvalue weighted by atomic mass is 16.6. The molecule has 6 heteroatoms. The molecule has 0 fully saturated rings. The molecule has 1 N–H and O–H groups in total. The lowest BCUT2D eigenvalue weighted by Crippen LogP contribution is -2.13. The van der Waals surface area contributed by atoms with Crippen LogP contribution in [0, 0.1) is 11.8 Å². The van der Waals surface area contributed by atoms with Gasteiger partial charge in [-0.15, -0.1) is 0 Å². The zero-order valence-electron chi connectivity index (χ0n) is 20.7. The van der Waals surface area contributed by atoms with Crippen LogP contribution in [0.3, 0.4) is 0 Å². The van der Waals surface area contributed by atoms with Crippen LogP contribution in [-0.4, -0.2) is 30.5 Å². The second-order valence-electron chi connectivity index (χ2n) is 8.11. The van der Waals surface area contributed by atoms with Gasteiger partial charge in [-0.05, 0) is 60.4 Å². The Morgan fingerprint density at radius 2 is 1.53 bits per heavy atom. The number of rotatable bonds is 12. The molecule has 0 saturated carbocycles. The molecular formula is C30H31NO5. The van der Waals surface area contributed by atoms with Gasteiger partial charge in [0.05, 0.1) is 0 Å². The Morgan fingerprint density at radius 3 is 2.14 bits per heavy atom. The van der Waals surface area contributed by atoms with Crippen molar-refractivity contribution in [2.45, 2.75) is 39.2 Å². The Kier molecular flexibility index (Phi) is 10.4. The zero-order chi connectivity index (χ0) is 25.6. The molecule has 0 bridgehead atoms. The topological polar surface area (TPSA) is 77.4 Å². The van der Waals surface area contributed by atoms with Gasteiger partial charge in [0.1, 0.15) is 37.5 Å². The van der Waals surface area contributed by atoms with E-state index in [1.54, 1.807) is 0 Å². The Balaban J connectivity index is 1.51. The van der Waals surface area contributed by atoms with Crippen LogP contribution in [0.4, 0.5) is 0 Å². The first kappa shape index (κ1) is 26.4. The number of carboxylic acid groups (broad SMARTS) is 1. The van der Waals surface area contributed by atoms with Gasteiger partial charge in [0.2, 0.25) is 0 Å². The van der Waals surface area contributed by atoms with Gasteiger partial charge in [-0.25, -0.2) is 0 Å². The minimum atomic E-state index is -0.799. The van der Waals surface area contributed by atoms with Gasteiger partial charge < -0.3 is 19.4 Å². The first-order valence-electron chi connectivity index (χ1n) is 11.9. The van der Waals surface area contributed by atoms with Crippen molar-refractivity contribution in [2.75, 3.05) is 13.7 Å². The molecule has 0 heterocycles. The highest BCUT2D eigenvalue weighted by Crippen LogP contribution is 2.18. The van der Waals surface area contributed by atoms with Crippen LogP contribution in [0.5, 0.6) is 11.5 Å². The molecule has 0 amide bonds. The Labute approximate surface area is 212 Å². The molecule has 0 aliphatic carbocycles. The molecule has 0 radical (unpaired) electrons. The lowest BCUT2D eigenvalue weighted by Gasteiger charge is -2.10. The highest BCUT2D eigenvalue weighted by Gasteiger charge is 2.07.